The zero-order valence-corrected chi connectivity index (χ0v) is 14.0. The van der Waals surface area contributed by atoms with Crippen LogP contribution in [0, 0.1) is 0 Å². The number of rotatable bonds is 5. The molecule has 0 radical (unpaired) electrons. The maximum Gasteiger partial charge on any atom is 0.227 e. The largest absolute Gasteiger partial charge is 0.493 e. The summed E-state index contributed by atoms with van der Waals surface area (Å²) >= 11 is 6.04. The average Bonchev–Trinajstić information content (AvgIpc) is 2.61. The van der Waals surface area contributed by atoms with Crippen LogP contribution in [-0.2, 0) is 4.79 Å². The van der Waals surface area contributed by atoms with E-state index in [1.165, 1.54) is 0 Å². The van der Waals surface area contributed by atoms with Gasteiger partial charge < -0.3 is 15.2 Å². The van der Waals surface area contributed by atoms with Crippen LogP contribution in [0.1, 0.15) is 36.0 Å². The highest BCUT2D eigenvalue weighted by atomic mass is 35.5. The normalized spacial score (nSPS) is 17.5. The van der Waals surface area contributed by atoms with Gasteiger partial charge in [0.25, 0.3) is 0 Å². The fourth-order valence-electron chi connectivity index (χ4n) is 2.93. The number of hydrogen-bond donors (Lipinski definition) is 2. The molecule has 1 heterocycles. The van der Waals surface area contributed by atoms with E-state index in [4.69, 9.17) is 16.3 Å². The average molecular weight is 346 g/mol. The maximum atomic E-state index is 12.5. The van der Waals surface area contributed by atoms with Crippen LogP contribution in [0.4, 0.5) is 0 Å². The van der Waals surface area contributed by atoms with Crippen molar-refractivity contribution in [2.75, 3.05) is 13.2 Å². The topological polar surface area (TPSA) is 58.6 Å². The minimum Gasteiger partial charge on any atom is -0.493 e. The Balaban J connectivity index is 1.58. The van der Waals surface area contributed by atoms with Crippen molar-refractivity contribution in [1.82, 2.24) is 5.32 Å². The fraction of sp³-hybridized carbons (Fsp3) is 0.316. The molecule has 1 aliphatic rings. The van der Waals surface area contributed by atoms with Crippen molar-refractivity contribution >= 4 is 17.5 Å². The van der Waals surface area contributed by atoms with Gasteiger partial charge >= 0.3 is 0 Å². The van der Waals surface area contributed by atoms with Gasteiger partial charge in [-0.2, -0.15) is 0 Å². The summed E-state index contributed by atoms with van der Waals surface area (Å²) in [5.74, 6) is 0.401. The lowest BCUT2D eigenvalue weighted by Crippen LogP contribution is -2.33. The molecule has 5 heteroatoms. The Morgan fingerprint density at radius 1 is 1.29 bits per heavy atom. The number of aliphatic hydroxyl groups is 1. The van der Waals surface area contributed by atoms with Crippen molar-refractivity contribution in [1.29, 1.82) is 0 Å². The predicted molar refractivity (Wildman–Crippen MR) is 93.3 cm³/mol. The van der Waals surface area contributed by atoms with Crippen LogP contribution in [-0.4, -0.2) is 24.2 Å². The number of amides is 1. The molecule has 4 nitrogen and oxygen atoms in total. The van der Waals surface area contributed by atoms with Gasteiger partial charge in [0, 0.05) is 17.1 Å². The van der Waals surface area contributed by atoms with Crippen LogP contribution in [0.2, 0.25) is 5.02 Å². The Hall–Kier alpha value is -2.04. The van der Waals surface area contributed by atoms with Gasteiger partial charge in [-0.05, 0) is 36.6 Å². The first-order valence-corrected chi connectivity index (χ1v) is 8.46. The van der Waals surface area contributed by atoms with E-state index in [9.17, 15) is 9.90 Å². The fourth-order valence-corrected chi connectivity index (χ4v) is 3.12. The molecule has 0 aliphatic carbocycles. The number of halogens is 1. The lowest BCUT2D eigenvalue weighted by molar-refractivity contribution is -0.123. The van der Waals surface area contributed by atoms with Crippen molar-refractivity contribution in [3.63, 3.8) is 0 Å². The monoisotopic (exact) mass is 345 g/mol. The van der Waals surface area contributed by atoms with Crippen molar-refractivity contribution < 1.29 is 14.6 Å². The molecule has 1 amide bonds. The molecule has 2 aromatic carbocycles. The highest BCUT2D eigenvalue weighted by Crippen LogP contribution is 2.35. The van der Waals surface area contributed by atoms with Crippen molar-refractivity contribution in [2.45, 2.75) is 24.9 Å². The lowest BCUT2D eigenvalue weighted by atomic mass is 9.92. The van der Waals surface area contributed by atoms with Gasteiger partial charge in [0.05, 0.1) is 18.6 Å². The highest BCUT2D eigenvalue weighted by Gasteiger charge is 2.27. The van der Waals surface area contributed by atoms with Gasteiger partial charge in [-0.15, -0.1) is 0 Å². The Morgan fingerprint density at radius 3 is 2.88 bits per heavy atom. The number of carbonyl (C=O) groups excluding carboxylic acids is 1. The Morgan fingerprint density at radius 2 is 2.08 bits per heavy atom. The van der Waals surface area contributed by atoms with E-state index in [1.807, 2.05) is 30.3 Å². The first-order valence-electron chi connectivity index (χ1n) is 8.08. The third-order valence-corrected chi connectivity index (χ3v) is 4.46. The SMILES string of the molecule is O=C(NCC[C@@H](O)c1ccccc1)[C@@H]1CCOc2ccc(Cl)cc21. The second kappa shape index (κ2) is 7.69. The Labute approximate surface area is 146 Å². The van der Waals surface area contributed by atoms with Gasteiger partial charge in [-0.3, -0.25) is 4.79 Å². The molecule has 1 aliphatic heterocycles. The molecule has 24 heavy (non-hydrogen) atoms. The second-order valence-corrected chi connectivity index (χ2v) is 6.31. The smallest absolute Gasteiger partial charge is 0.227 e. The van der Waals surface area contributed by atoms with Gasteiger partial charge in [0.2, 0.25) is 5.91 Å². The molecular weight excluding hydrogens is 326 g/mol. The molecule has 0 bridgehead atoms. The first-order chi connectivity index (χ1) is 11.6. The zero-order valence-electron chi connectivity index (χ0n) is 13.2. The van der Waals surface area contributed by atoms with Crippen molar-refractivity contribution in [3.8, 4) is 5.75 Å². The quantitative estimate of drug-likeness (QED) is 0.872. The van der Waals surface area contributed by atoms with E-state index in [-0.39, 0.29) is 11.8 Å². The van der Waals surface area contributed by atoms with E-state index >= 15 is 0 Å². The molecule has 0 fully saturated rings. The van der Waals surface area contributed by atoms with Gasteiger partial charge in [-0.25, -0.2) is 0 Å². The van der Waals surface area contributed by atoms with E-state index in [1.54, 1.807) is 18.2 Å². The van der Waals surface area contributed by atoms with Gasteiger partial charge in [0.15, 0.2) is 0 Å². The molecule has 0 saturated carbocycles. The molecule has 0 unspecified atom stereocenters. The lowest BCUT2D eigenvalue weighted by Gasteiger charge is -2.25. The number of ether oxygens (including phenoxy) is 1. The van der Waals surface area contributed by atoms with Crippen LogP contribution >= 0.6 is 11.6 Å². The van der Waals surface area contributed by atoms with Crippen molar-refractivity contribution in [3.05, 3.63) is 64.7 Å². The summed E-state index contributed by atoms with van der Waals surface area (Å²) in [5.41, 5.74) is 1.69. The van der Waals surface area contributed by atoms with Crippen LogP contribution in [0.15, 0.2) is 48.5 Å². The summed E-state index contributed by atoms with van der Waals surface area (Å²) in [6.45, 7) is 0.932. The number of hydrogen-bond acceptors (Lipinski definition) is 3. The standard InChI is InChI=1S/C19H20ClNO3/c20-14-6-7-18-16(12-14)15(9-11-24-18)19(23)21-10-8-17(22)13-4-2-1-3-5-13/h1-7,12,15,17,22H,8-11H2,(H,21,23)/t15-,17-/m1/s1. The minimum absolute atomic E-state index is 0.0536. The number of carbonyl (C=O) groups is 1. The van der Waals surface area contributed by atoms with E-state index in [2.05, 4.69) is 5.32 Å². The molecule has 3 rings (SSSR count). The van der Waals surface area contributed by atoms with Crippen LogP contribution in [0.5, 0.6) is 5.75 Å². The first kappa shape index (κ1) is 16.8. The predicted octanol–water partition coefficient (Wildman–Crippen LogP) is 3.45. The Kier molecular flexibility index (Phi) is 5.38. The van der Waals surface area contributed by atoms with Gasteiger partial charge in [0.1, 0.15) is 5.75 Å². The summed E-state index contributed by atoms with van der Waals surface area (Å²) in [5, 5.41) is 13.7. The zero-order chi connectivity index (χ0) is 16.9. The molecule has 0 aromatic heterocycles. The van der Waals surface area contributed by atoms with E-state index in [0.717, 1.165) is 16.9 Å². The molecule has 0 saturated heterocycles. The maximum absolute atomic E-state index is 12.5. The number of nitrogens with one attached hydrogen (secondary N) is 1. The number of aliphatic hydroxyl groups excluding tert-OH is 1. The van der Waals surface area contributed by atoms with Crippen LogP contribution < -0.4 is 10.1 Å². The third-order valence-electron chi connectivity index (χ3n) is 4.23. The van der Waals surface area contributed by atoms with E-state index in [0.29, 0.717) is 31.0 Å². The highest BCUT2D eigenvalue weighted by molar-refractivity contribution is 6.30. The summed E-state index contributed by atoms with van der Waals surface area (Å²) in [6, 6.07) is 14.8. The van der Waals surface area contributed by atoms with Crippen LogP contribution in [0.3, 0.4) is 0 Å². The number of fused-ring (bicyclic) bond motifs is 1. The van der Waals surface area contributed by atoms with E-state index < -0.39 is 6.10 Å². The van der Waals surface area contributed by atoms with Crippen molar-refractivity contribution in [2.24, 2.45) is 0 Å². The molecule has 2 aromatic rings. The summed E-state index contributed by atoms with van der Waals surface area (Å²) in [7, 11) is 0. The van der Waals surface area contributed by atoms with Crippen LogP contribution in [0.25, 0.3) is 0 Å². The molecule has 0 spiro atoms. The number of benzene rings is 2. The molecular formula is C19H20ClNO3. The van der Waals surface area contributed by atoms with Gasteiger partial charge in [-0.1, -0.05) is 41.9 Å². The molecule has 2 N–H and O–H groups in total. The molecule has 126 valence electrons. The minimum atomic E-state index is -0.581. The second-order valence-electron chi connectivity index (χ2n) is 5.88. The summed E-state index contributed by atoms with van der Waals surface area (Å²) in [6.07, 6.45) is 0.518. The Bertz CT molecular complexity index is 705. The summed E-state index contributed by atoms with van der Waals surface area (Å²) < 4.78 is 5.58. The third kappa shape index (κ3) is 3.89. The molecule has 2 atom stereocenters. The summed E-state index contributed by atoms with van der Waals surface area (Å²) in [4.78, 5) is 12.5.